The van der Waals surface area contributed by atoms with Gasteiger partial charge in [0.25, 0.3) is 0 Å². The van der Waals surface area contributed by atoms with Gasteiger partial charge in [-0.15, -0.1) is 11.3 Å². The van der Waals surface area contributed by atoms with Gasteiger partial charge in [0, 0.05) is 17.8 Å². The van der Waals surface area contributed by atoms with Gasteiger partial charge in [0.15, 0.2) is 0 Å². The van der Waals surface area contributed by atoms with Gasteiger partial charge in [-0.05, 0) is 23.3 Å². The third-order valence-electron chi connectivity index (χ3n) is 3.61. The lowest BCUT2D eigenvalue weighted by Crippen LogP contribution is -2.24. The smallest absolute Gasteiger partial charge is 0.407 e. The Morgan fingerprint density at radius 2 is 1.69 bits per heavy atom. The van der Waals surface area contributed by atoms with Crippen LogP contribution in [0.25, 0.3) is 10.4 Å². The Bertz CT molecular complexity index is 892. The lowest BCUT2D eigenvalue weighted by Gasteiger charge is -2.05. The van der Waals surface area contributed by atoms with Crippen LogP contribution in [0.3, 0.4) is 0 Å². The Kier molecular flexibility index (Phi) is 6.46. The maximum absolute atomic E-state index is 11.6. The predicted molar refractivity (Wildman–Crippen MR) is 106 cm³/mol. The van der Waals surface area contributed by atoms with E-state index in [1.165, 1.54) is 10.4 Å². The van der Waals surface area contributed by atoms with Crippen LogP contribution >= 0.6 is 11.3 Å². The van der Waals surface area contributed by atoms with E-state index in [9.17, 15) is 4.79 Å². The summed E-state index contributed by atoms with van der Waals surface area (Å²) in [5.41, 5.74) is 2.17. The van der Waals surface area contributed by atoms with E-state index >= 15 is 0 Å². The first-order chi connectivity index (χ1) is 12.8. The zero-order valence-electron chi connectivity index (χ0n) is 14.3. The quantitative estimate of drug-likeness (QED) is 0.508. The number of alkyl carbamates (subject to hydrolysis) is 1. The topological polar surface area (TPSA) is 38.3 Å². The van der Waals surface area contributed by atoms with Crippen molar-refractivity contribution in [3.63, 3.8) is 0 Å². The fourth-order valence-corrected chi connectivity index (χ4v) is 3.20. The van der Waals surface area contributed by atoms with E-state index < -0.39 is 6.09 Å². The number of nitrogens with one attached hydrogen (secondary N) is 1. The summed E-state index contributed by atoms with van der Waals surface area (Å²) in [6, 6.07) is 24.0. The predicted octanol–water partition coefficient (Wildman–Crippen LogP) is 5.08. The van der Waals surface area contributed by atoms with Gasteiger partial charge in [-0.25, -0.2) is 4.79 Å². The highest BCUT2D eigenvalue weighted by atomic mass is 32.1. The molecule has 1 heterocycles. The Morgan fingerprint density at radius 1 is 0.962 bits per heavy atom. The highest BCUT2D eigenvalue weighted by Crippen LogP contribution is 2.27. The Hall–Kier alpha value is -3.03. The summed E-state index contributed by atoms with van der Waals surface area (Å²) in [6.07, 6.45) is 0.164. The number of hydrogen-bond donors (Lipinski definition) is 1. The molecule has 0 atom stereocenters. The lowest BCUT2D eigenvalue weighted by atomic mass is 10.2. The summed E-state index contributed by atoms with van der Waals surface area (Å²) in [4.78, 5) is 13.9. The van der Waals surface area contributed by atoms with Crippen LogP contribution < -0.4 is 5.32 Å². The van der Waals surface area contributed by atoms with Crippen LogP contribution in [-0.2, 0) is 11.3 Å². The fourth-order valence-electron chi connectivity index (χ4n) is 2.31. The lowest BCUT2D eigenvalue weighted by molar-refractivity contribution is 0.140. The molecular formula is C22H19NO2S. The molecule has 0 unspecified atom stereocenters. The number of carbonyl (C=O) groups is 1. The Balaban J connectivity index is 1.39. The Labute approximate surface area is 157 Å². The van der Waals surface area contributed by atoms with Gasteiger partial charge < -0.3 is 10.1 Å². The summed E-state index contributed by atoms with van der Waals surface area (Å²) in [5, 5.41) is 2.71. The van der Waals surface area contributed by atoms with Crippen LogP contribution in [0.1, 0.15) is 16.9 Å². The Morgan fingerprint density at radius 3 is 2.46 bits per heavy atom. The van der Waals surface area contributed by atoms with Crippen LogP contribution in [-0.4, -0.2) is 12.6 Å². The van der Waals surface area contributed by atoms with Crippen LogP contribution in [0.15, 0.2) is 72.8 Å². The van der Waals surface area contributed by atoms with Crippen molar-refractivity contribution in [2.45, 2.75) is 13.0 Å². The van der Waals surface area contributed by atoms with Crippen molar-refractivity contribution in [2.24, 2.45) is 0 Å². The molecule has 1 amide bonds. The van der Waals surface area contributed by atoms with Gasteiger partial charge in [-0.2, -0.15) is 0 Å². The van der Waals surface area contributed by atoms with Gasteiger partial charge in [0.1, 0.15) is 6.61 Å². The molecule has 0 fully saturated rings. The van der Waals surface area contributed by atoms with Crippen molar-refractivity contribution >= 4 is 17.4 Å². The second kappa shape index (κ2) is 9.45. The first kappa shape index (κ1) is 17.8. The van der Waals surface area contributed by atoms with E-state index in [-0.39, 0.29) is 6.61 Å². The standard InChI is InChI=1S/C22H19NO2S/c24-22(25-17-18-9-3-1-4-10-18)23-16-8-7-13-20-14-15-21(26-20)19-11-5-2-6-12-19/h1-6,9-12,14-15H,8,16-17H2,(H,23,24). The van der Waals surface area contributed by atoms with Crippen molar-refractivity contribution in [3.8, 4) is 22.3 Å². The molecule has 2 aromatic carbocycles. The molecule has 0 aliphatic heterocycles. The SMILES string of the molecule is O=C(NCCC#Cc1ccc(-c2ccccc2)s1)OCc1ccccc1. The molecule has 26 heavy (non-hydrogen) atoms. The minimum atomic E-state index is -0.418. The van der Waals surface area contributed by atoms with Crippen LogP contribution in [0.4, 0.5) is 4.79 Å². The second-order valence-electron chi connectivity index (χ2n) is 5.57. The second-order valence-corrected chi connectivity index (χ2v) is 6.65. The van der Waals surface area contributed by atoms with Crippen LogP contribution in [0.5, 0.6) is 0 Å². The van der Waals surface area contributed by atoms with E-state index in [2.05, 4.69) is 35.4 Å². The highest BCUT2D eigenvalue weighted by Gasteiger charge is 2.01. The fraction of sp³-hybridized carbons (Fsp3) is 0.136. The third kappa shape index (κ3) is 5.51. The number of ether oxygens (including phenoxy) is 1. The number of benzene rings is 2. The molecule has 1 aromatic heterocycles. The molecule has 3 aromatic rings. The highest BCUT2D eigenvalue weighted by molar-refractivity contribution is 7.16. The summed E-state index contributed by atoms with van der Waals surface area (Å²) in [7, 11) is 0. The maximum atomic E-state index is 11.6. The summed E-state index contributed by atoms with van der Waals surface area (Å²) in [5.74, 6) is 6.23. The van der Waals surface area contributed by atoms with Gasteiger partial charge >= 0.3 is 6.09 Å². The molecule has 1 N–H and O–H groups in total. The van der Waals surface area contributed by atoms with Crippen molar-refractivity contribution in [1.29, 1.82) is 0 Å². The van der Waals surface area contributed by atoms with Crippen LogP contribution in [0, 0.1) is 11.8 Å². The minimum Gasteiger partial charge on any atom is -0.445 e. The zero-order valence-corrected chi connectivity index (χ0v) is 15.1. The zero-order chi connectivity index (χ0) is 18.0. The molecule has 0 aliphatic rings. The normalized spacial score (nSPS) is 9.85. The molecular weight excluding hydrogens is 342 g/mol. The molecule has 130 valence electrons. The molecule has 0 radical (unpaired) electrons. The largest absolute Gasteiger partial charge is 0.445 e. The number of carbonyl (C=O) groups excluding carboxylic acids is 1. The van der Waals surface area contributed by atoms with Gasteiger partial charge in [-0.1, -0.05) is 72.5 Å². The van der Waals surface area contributed by atoms with E-state index in [0.717, 1.165) is 10.4 Å². The molecule has 4 heteroatoms. The monoisotopic (exact) mass is 361 g/mol. The van der Waals surface area contributed by atoms with E-state index in [0.29, 0.717) is 13.0 Å². The number of amides is 1. The average molecular weight is 361 g/mol. The first-order valence-corrected chi connectivity index (χ1v) is 9.21. The number of hydrogen-bond acceptors (Lipinski definition) is 3. The van der Waals surface area contributed by atoms with Gasteiger partial charge in [-0.3, -0.25) is 0 Å². The van der Waals surface area contributed by atoms with Crippen LogP contribution in [0.2, 0.25) is 0 Å². The van der Waals surface area contributed by atoms with Crippen molar-refractivity contribution in [1.82, 2.24) is 5.32 Å². The minimum absolute atomic E-state index is 0.274. The number of thiophene rings is 1. The van der Waals surface area contributed by atoms with Gasteiger partial charge in [0.2, 0.25) is 0 Å². The van der Waals surface area contributed by atoms with Crippen molar-refractivity contribution < 1.29 is 9.53 Å². The molecule has 0 spiro atoms. The molecule has 0 saturated carbocycles. The molecule has 0 bridgehead atoms. The van der Waals surface area contributed by atoms with Crippen molar-refractivity contribution in [2.75, 3.05) is 6.54 Å². The van der Waals surface area contributed by atoms with Crippen molar-refractivity contribution in [3.05, 3.63) is 83.2 Å². The van der Waals surface area contributed by atoms with E-state index in [4.69, 9.17) is 4.74 Å². The third-order valence-corrected chi connectivity index (χ3v) is 4.66. The summed E-state index contributed by atoms with van der Waals surface area (Å²) in [6.45, 7) is 0.743. The van der Waals surface area contributed by atoms with E-state index in [1.807, 2.05) is 54.6 Å². The van der Waals surface area contributed by atoms with Gasteiger partial charge in [0.05, 0.1) is 4.88 Å². The summed E-state index contributed by atoms with van der Waals surface area (Å²) >= 11 is 1.67. The maximum Gasteiger partial charge on any atom is 0.407 e. The van der Waals surface area contributed by atoms with E-state index in [1.54, 1.807) is 11.3 Å². The first-order valence-electron chi connectivity index (χ1n) is 8.40. The number of rotatable bonds is 5. The molecule has 3 nitrogen and oxygen atoms in total. The average Bonchev–Trinajstić information content (AvgIpc) is 3.16. The molecule has 0 saturated heterocycles. The summed E-state index contributed by atoms with van der Waals surface area (Å²) < 4.78 is 5.15. The molecule has 3 rings (SSSR count). The molecule has 0 aliphatic carbocycles.